The van der Waals surface area contributed by atoms with Crippen LogP contribution in [0.2, 0.25) is 0 Å². The number of Topliss-reactive ketones (excluding diaryl/α,β-unsaturated/α-hetero) is 1. The van der Waals surface area contributed by atoms with E-state index in [1.807, 2.05) is 0 Å². The smallest absolute Gasteiger partial charge is 0.136 e. The molecule has 0 rings (SSSR count). The molecule has 1 unspecified atom stereocenters. The van der Waals surface area contributed by atoms with Crippen molar-refractivity contribution in [1.29, 1.82) is 0 Å². The maximum atomic E-state index is 12.5. The number of aldehydes is 1. The first-order valence-electron chi connectivity index (χ1n) is 13.7. The Morgan fingerprint density at radius 1 is 0.567 bits per heavy atom. The van der Waals surface area contributed by atoms with Crippen molar-refractivity contribution in [2.45, 2.75) is 162 Å². The molecule has 0 N–H and O–H groups in total. The molecule has 2 heteroatoms. The first kappa shape index (κ1) is 29.3. The highest BCUT2D eigenvalue weighted by Gasteiger charge is 2.17. The van der Waals surface area contributed by atoms with Crippen LogP contribution in [-0.4, -0.2) is 12.1 Å². The van der Waals surface area contributed by atoms with Crippen LogP contribution in [0.3, 0.4) is 0 Å². The molecule has 178 valence electrons. The van der Waals surface area contributed by atoms with Crippen molar-refractivity contribution in [2.24, 2.45) is 5.92 Å². The Morgan fingerprint density at radius 3 is 1.33 bits per heavy atom. The number of carbonyl (C=O) groups is 2. The molecule has 0 saturated heterocycles. The second-order valence-electron chi connectivity index (χ2n) is 9.47. The van der Waals surface area contributed by atoms with E-state index in [0.29, 0.717) is 18.6 Å². The lowest BCUT2D eigenvalue weighted by atomic mass is 9.90. The molecule has 0 aromatic carbocycles. The van der Waals surface area contributed by atoms with Gasteiger partial charge in [0, 0.05) is 18.8 Å². The highest BCUT2D eigenvalue weighted by Crippen LogP contribution is 2.19. The van der Waals surface area contributed by atoms with Gasteiger partial charge in [-0.1, -0.05) is 136 Å². The van der Waals surface area contributed by atoms with Crippen molar-refractivity contribution in [2.75, 3.05) is 0 Å². The zero-order valence-electron chi connectivity index (χ0n) is 20.7. The van der Waals surface area contributed by atoms with E-state index >= 15 is 0 Å². The van der Waals surface area contributed by atoms with Crippen LogP contribution in [0.25, 0.3) is 0 Å². The average Bonchev–Trinajstić information content (AvgIpc) is 2.75. The zero-order valence-corrected chi connectivity index (χ0v) is 20.7. The summed E-state index contributed by atoms with van der Waals surface area (Å²) in [4.78, 5) is 23.5. The number of unbranched alkanes of at least 4 members (excludes halogenated alkanes) is 18. The first-order chi connectivity index (χ1) is 14.8. The second kappa shape index (κ2) is 24.6. The number of hydrogen-bond donors (Lipinski definition) is 0. The second-order valence-corrected chi connectivity index (χ2v) is 9.47. The SMILES string of the molecule is CCCCCCCCCCCCCC(=O)C(CC=O)CCCCCCCCCCC. The van der Waals surface area contributed by atoms with Crippen LogP contribution in [0, 0.1) is 5.92 Å². The van der Waals surface area contributed by atoms with Crippen LogP contribution in [-0.2, 0) is 9.59 Å². The number of carbonyl (C=O) groups excluding carboxylic acids is 2. The summed E-state index contributed by atoms with van der Waals surface area (Å²) in [6.07, 6.45) is 29.1. The molecule has 0 heterocycles. The fourth-order valence-corrected chi connectivity index (χ4v) is 4.40. The summed E-state index contributed by atoms with van der Waals surface area (Å²) >= 11 is 0. The van der Waals surface area contributed by atoms with Crippen LogP contribution >= 0.6 is 0 Å². The van der Waals surface area contributed by atoms with Gasteiger partial charge in [0.05, 0.1) is 0 Å². The predicted molar refractivity (Wildman–Crippen MR) is 132 cm³/mol. The summed E-state index contributed by atoms with van der Waals surface area (Å²) in [5, 5.41) is 0. The van der Waals surface area contributed by atoms with E-state index in [-0.39, 0.29) is 5.92 Å². The topological polar surface area (TPSA) is 34.1 Å². The van der Waals surface area contributed by atoms with Gasteiger partial charge < -0.3 is 4.79 Å². The lowest BCUT2D eigenvalue weighted by Crippen LogP contribution is -2.15. The Bertz CT molecular complexity index is 364. The molecule has 2 nitrogen and oxygen atoms in total. The van der Waals surface area contributed by atoms with Crippen LogP contribution in [0.5, 0.6) is 0 Å². The van der Waals surface area contributed by atoms with E-state index in [2.05, 4.69) is 13.8 Å². The Kier molecular flexibility index (Phi) is 24.1. The average molecular weight is 423 g/mol. The third-order valence-electron chi connectivity index (χ3n) is 6.52. The fraction of sp³-hybridized carbons (Fsp3) is 0.929. The molecule has 0 aliphatic rings. The maximum absolute atomic E-state index is 12.5. The van der Waals surface area contributed by atoms with Gasteiger partial charge in [-0.3, -0.25) is 4.79 Å². The minimum atomic E-state index is -0.00447. The fourth-order valence-electron chi connectivity index (χ4n) is 4.40. The monoisotopic (exact) mass is 422 g/mol. The van der Waals surface area contributed by atoms with Crippen LogP contribution in [0.4, 0.5) is 0 Å². The van der Waals surface area contributed by atoms with Gasteiger partial charge >= 0.3 is 0 Å². The van der Waals surface area contributed by atoms with Crippen molar-refractivity contribution in [3.63, 3.8) is 0 Å². The van der Waals surface area contributed by atoms with E-state index in [9.17, 15) is 9.59 Å². The number of ketones is 1. The van der Waals surface area contributed by atoms with Crippen LogP contribution in [0.1, 0.15) is 162 Å². The van der Waals surface area contributed by atoms with Crippen molar-refractivity contribution < 1.29 is 9.59 Å². The molecule has 0 aromatic heterocycles. The summed E-state index contributed by atoms with van der Waals surface area (Å²) in [5.74, 6) is 0.341. The van der Waals surface area contributed by atoms with E-state index in [4.69, 9.17) is 0 Å². The largest absolute Gasteiger partial charge is 0.303 e. The molecule has 0 spiro atoms. The molecule has 0 bridgehead atoms. The van der Waals surface area contributed by atoms with Crippen molar-refractivity contribution in [3.8, 4) is 0 Å². The minimum absolute atomic E-state index is 0.00447. The van der Waals surface area contributed by atoms with Gasteiger partial charge in [-0.15, -0.1) is 0 Å². The molecule has 0 radical (unpaired) electrons. The Hall–Kier alpha value is -0.660. The number of rotatable bonds is 25. The summed E-state index contributed by atoms with van der Waals surface area (Å²) in [7, 11) is 0. The quantitative estimate of drug-likeness (QED) is 0.108. The van der Waals surface area contributed by atoms with E-state index in [0.717, 1.165) is 25.5 Å². The third kappa shape index (κ3) is 20.6. The predicted octanol–water partition coefficient (Wildman–Crippen LogP) is 9.38. The Morgan fingerprint density at radius 2 is 0.933 bits per heavy atom. The maximum Gasteiger partial charge on any atom is 0.136 e. The molecule has 1 atom stereocenters. The van der Waals surface area contributed by atoms with Crippen LogP contribution < -0.4 is 0 Å². The standard InChI is InChI=1S/C28H54O2/c1-3-5-7-9-11-13-14-16-18-20-22-24-28(30)27(25-26-29)23-21-19-17-15-12-10-8-6-4-2/h26-27H,3-25H2,1-2H3. The van der Waals surface area contributed by atoms with E-state index in [1.54, 1.807) is 0 Å². The van der Waals surface area contributed by atoms with Crippen LogP contribution in [0.15, 0.2) is 0 Å². The molecule has 30 heavy (non-hydrogen) atoms. The van der Waals surface area contributed by atoms with Gasteiger partial charge in [-0.05, 0) is 12.8 Å². The normalized spacial score (nSPS) is 12.2. The highest BCUT2D eigenvalue weighted by atomic mass is 16.1. The number of hydrogen-bond acceptors (Lipinski definition) is 2. The van der Waals surface area contributed by atoms with E-state index < -0.39 is 0 Å². The molecular formula is C28H54O2. The molecule has 0 aliphatic carbocycles. The molecule has 0 saturated carbocycles. The molecule has 0 amide bonds. The highest BCUT2D eigenvalue weighted by molar-refractivity contribution is 5.82. The van der Waals surface area contributed by atoms with Crippen molar-refractivity contribution in [1.82, 2.24) is 0 Å². The van der Waals surface area contributed by atoms with Gasteiger partial charge in [0.25, 0.3) is 0 Å². The van der Waals surface area contributed by atoms with Gasteiger partial charge in [-0.25, -0.2) is 0 Å². The lowest BCUT2D eigenvalue weighted by molar-refractivity contribution is -0.125. The summed E-state index contributed by atoms with van der Waals surface area (Å²) in [5.41, 5.74) is 0. The summed E-state index contributed by atoms with van der Waals surface area (Å²) < 4.78 is 0. The van der Waals surface area contributed by atoms with Crippen molar-refractivity contribution in [3.05, 3.63) is 0 Å². The molecular weight excluding hydrogens is 368 g/mol. The van der Waals surface area contributed by atoms with Crippen molar-refractivity contribution >= 4 is 12.1 Å². The Balaban J connectivity index is 3.60. The van der Waals surface area contributed by atoms with Gasteiger partial charge in [0.1, 0.15) is 12.1 Å². The van der Waals surface area contributed by atoms with Gasteiger partial charge in [-0.2, -0.15) is 0 Å². The lowest BCUT2D eigenvalue weighted by Gasteiger charge is -2.13. The summed E-state index contributed by atoms with van der Waals surface area (Å²) in [6.45, 7) is 4.53. The van der Waals surface area contributed by atoms with Gasteiger partial charge in [0.2, 0.25) is 0 Å². The van der Waals surface area contributed by atoms with Gasteiger partial charge in [0.15, 0.2) is 0 Å². The minimum Gasteiger partial charge on any atom is -0.303 e. The molecule has 0 fully saturated rings. The third-order valence-corrected chi connectivity index (χ3v) is 6.52. The summed E-state index contributed by atoms with van der Waals surface area (Å²) in [6, 6.07) is 0. The zero-order chi connectivity index (χ0) is 22.1. The molecule has 0 aliphatic heterocycles. The Labute approximate surface area is 189 Å². The molecule has 0 aromatic rings. The first-order valence-corrected chi connectivity index (χ1v) is 13.7. The van der Waals surface area contributed by atoms with E-state index in [1.165, 1.54) is 116 Å².